The minimum absolute atomic E-state index is 0.0523. The number of aromatic nitrogens is 1. The molecule has 5 heteroatoms. The first-order valence-corrected chi connectivity index (χ1v) is 6.41. The highest BCUT2D eigenvalue weighted by Gasteiger charge is 2.13. The molecule has 0 aliphatic heterocycles. The number of Topliss-reactive ketones (excluding diaryl/α,β-unsaturated/α-hetero) is 1. The first kappa shape index (κ1) is 14.8. The number of ether oxygens (including phenoxy) is 1. The van der Waals surface area contributed by atoms with Crippen LogP contribution in [0.25, 0.3) is 10.9 Å². The summed E-state index contributed by atoms with van der Waals surface area (Å²) in [7, 11) is 3.12. The number of rotatable bonds is 5. The van der Waals surface area contributed by atoms with E-state index in [9.17, 15) is 9.59 Å². The number of aromatic amines is 1. The Kier molecular flexibility index (Phi) is 4.41. The zero-order chi connectivity index (χ0) is 15.4. The van der Waals surface area contributed by atoms with Crippen LogP contribution in [0.4, 0.5) is 0 Å². The summed E-state index contributed by atoms with van der Waals surface area (Å²) in [6.07, 6.45) is 5.21. The quantitative estimate of drug-likeness (QED) is 0.516. The van der Waals surface area contributed by atoms with Gasteiger partial charge in [-0.25, -0.2) is 4.79 Å². The zero-order valence-corrected chi connectivity index (χ0v) is 12.0. The van der Waals surface area contributed by atoms with Crippen molar-refractivity contribution in [3.8, 4) is 12.3 Å². The summed E-state index contributed by atoms with van der Waals surface area (Å²) in [4.78, 5) is 28.4. The minimum atomic E-state index is -0.409. The number of benzene rings is 1. The molecule has 0 atom stereocenters. The second-order valence-electron chi connectivity index (χ2n) is 4.78. The summed E-state index contributed by atoms with van der Waals surface area (Å²) in [6.45, 7) is 0.652. The highest BCUT2D eigenvalue weighted by atomic mass is 16.5. The number of esters is 1. The molecule has 0 saturated carbocycles. The van der Waals surface area contributed by atoms with Crippen LogP contribution in [0.2, 0.25) is 0 Å². The molecule has 1 heterocycles. The summed E-state index contributed by atoms with van der Waals surface area (Å²) < 4.78 is 4.67. The van der Waals surface area contributed by atoms with Crippen LogP contribution >= 0.6 is 0 Å². The van der Waals surface area contributed by atoms with Crippen molar-refractivity contribution in [2.24, 2.45) is 0 Å². The summed E-state index contributed by atoms with van der Waals surface area (Å²) in [5.74, 6) is 2.03. The molecule has 0 amide bonds. The van der Waals surface area contributed by atoms with Crippen LogP contribution in [0, 0.1) is 12.3 Å². The van der Waals surface area contributed by atoms with Crippen LogP contribution in [0.1, 0.15) is 20.8 Å². The van der Waals surface area contributed by atoms with Crippen LogP contribution in [0.15, 0.2) is 24.3 Å². The third-order valence-electron chi connectivity index (χ3n) is 3.12. The molecule has 1 aromatic carbocycles. The first-order chi connectivity index (χ1) is 10.0. The van der Waals surface area contributed by atoms with Crippen LogP contribution < -0.4 is 0 Å². The number of nitrogens with one attached hydrogen (secondary N) is 1. The molecule has 0 unspecified atom stereocenters. The fourth-order valence-corrected chi connectivity index (χ4v) is 2.06. The Bertz CT molecular complexity index is 725. The molecule has 0 radical (unpaired) electrons. The highest BCUT2D eigenvalue weighted by Crippen LogP contribution is 2.18. The van der Waals surface area contributed by atoms with Crippen molar-refractivity contribution in [3.05, 3.63) is 35.5 Å². The number of carbonyl (C=O) groups excluding carboxylic acids is 2. The number of fused-ring (bicyclic) bond motifs is 1. The Morgan fingerprint density at radius 1 is 1.38 bits per heavy atom. The van der Waals surface area contributed by atoms with E-state index in [0.29, 0.717) is 17.8 Å². The lowest BCUT2D eigenvalue weighted by Crippen LogP contribution is -2.26. The van der Waals surface area contributed by atoms with E-state index >= 15 is 0 Å². The lowest BCUT2D eigenvalue weighted by atomic mass is 10.1. The van der Waals surface area contributed by atoms with Crippen LogP contribution in [-0.2, 0) is 4.74 Å². The fourth-order valence-electron chi connectivity index (χ4n) is 2.06. The third-order valence-corrected chi connectivity index (χ3v) is 3.12. The van der Waals surface area contributed by atoms with Gasteiger partial charge in [-0.1, -0.05) is 12.0 Å². The van der Waals surface area contributed by atoms with E-state index in [-0.39, 0.29) is 12.3 Å². The Labute approximate surface area is 122 Å². The van der Waals surface area contributed by atoms with Gasteiger partial charge in [-0.05, 0) is 25.2 Å². The van der Waals surface area contributed by atoms with Crippen molar-refractivity contribution in [3.63, 3.8) is 0 Å². The van der Waals surface area contributed by atoms with E-state index in [4.69, 9.17) is 6.42 Å². The number of hydrogen-bond donors (Lipinski definition) is 1. The number of terminal acetylenes is 1. The highest BCUT2D eigenvalue weighted by molar-refractivity contribution is 6.02. The summed E-state index contributed by atoms with van der Waals surface area (Å²) >= 11 is 0. The molecular weight excluding hydrogens is 268 g/mol. The fraction of sp³-hybridized carbons (Fsp3) is 0.250. The van der Waals surface area contributed by atoms with E-state index in [1.165, 1.54) is 7.11 Å². The molecule has 21 heavy (non-hydrogen) atoms. The van der Waals surface area contributed by atoms with E-state index in [2.05, 4.69) is 15.6 Å². The van der Waals surface area contributed by atoms with Crippen molar-refractivity contribution in [2.45, 2.75) is 0 Å². The van der Waals surface area contributed by atoms with Gasteiger partial charge in [0.2, 0.25) is 0 Å². The van der Waals surface area contributed by atoms with Gasteiger partial charge in [-0.3, -0.25) is 9.69 Å². The standard InChI is InChI=1S/C16H16N2O3/c1-4-7-18(2)10-15(19)14-8-11-5-6-12(16(20)21-3)9-13(11)17-14/h1,5-6,8-9,17H,7,10H2,2-3H3. The number of carbonyl (C=O) groups is 2. The molecule has 0 bridgehead atoms. The molecule has 1 aromatic heterocycles. The average molecular weight is 284 g/mol. The molecule has 2 rings (SSSR count). The van der Waals surface area contributed by atoms with Gasteiger partial charge in [0, 0.05) is 10.9 Å². The normalized spacial score (nSPS) is 10.6. The number of ketones is 1. The second-order valence-corrected chi connectivity index (χ2v) is 4.78. The number of nitrogens with zero attached hydrogens (tertiary/aromatic N) is 1. The smallest absolute Gasteiger partial charge is 0.337 e. The van der Waals surface area contributed by atoms with Crippen LogP contribution in [-0.4, -0.2) is 48.9 Å². The predicted molar refractivity (Wildman–Crippen MR) is 80.3 cm³/mol. The Balaban J connectivity index is 2.24. The third kappa shape index (κ3) is 3.30. The van der Waals surface area contributed by atoms with E-state index in [1.807, 2.05) is 0 Å². The van der Waals surface area contributed by atoms with Crippen LogP contribution in [0.3, 0.4) is 0 Å². The molecule has 0 aliphatic carbocycles. The van der Waals surface area contributed by atoms with Gasteiger partial charge in [0.1, 0.15) is 0 Å². The molecule has 2 aromatic rings. The largest absolute Gasteiger partial charge is 0.465 e. The Hall–Kier alpha value is -2.58. The lowest BCUT2D eigenvalue weighted by Gasteiger charge is -2.10. The molecule has 0 aliphatic rings. The first-order valence-electron chi connectivity index (χ1n) is 6.41. The maximum Gasteiger partial charge on any atom is 0.337 e. The maximum atomic E-state index is 12.1. The van der Waals surface area contributed by atoms with Gasteiger partial charge in [0.25, 0.3) is 0 Å². The van der Waals surface area contributed by atoms with Crippen LogP contribution in [0.5, 0.6) is 0 Å². The summed E-state index contributed by atoms with van der Waals surface area (Å²) in [5.41, 5.74) is 1.66. The molecule has 0 saturated heterocycles. The van der Waals surface area contributed by atoms with E-state index < -0.39 is 5.97 Å². The van der Waals surface area contributed by atoms with Gasteiger partial charge in [0.05, 0.1) is 31.5 Å². The van der Waals surface area contributed by atoms with Gasteiger partial charge in [-0.2, -0.15) is 0 Å². The van der Waals surface area contributed by atoms with Gasteiger partial charge < -0.3 is 9.72 Å². The van der Waals surface area contributed by atoms with E-state index in [0.717, 1.165) is 10.9 Å². The summed E-state index contributed by atoms with van der Waals surface area (Å²) in [5, 5.41) is 0.866. The lowest BCUT2D eigenvalue weighted by molar-refractivity contribution is 0.0600. The number of hydrogen-bond acceptors (Lipinski definition) is 4. The van der Waals surface area contributed by atoms with Crippen molar-refractivity contribution in [2.75, 3.05) is 27.2 Å². The Morgan fingerprint density at radius 3 is 2.81 bits per heavy atom. The number of methoxy groups -OCH3 is 1. The zero-order valence-electron chi connectivity index (χ0n) is 12.0. The molecule has 0 fully saturated rings. The topological polar surface area (TPSA) is 62.4 Å². The molecule has 5 nitrogen and oxygen atoms in total. The van der Waals surface area contributed by atoms with Gasteiger partial charge >= 0.3 is 5.97 Å². The Morgan fingerprint density at radius 2 is 2.14 bits per heavy atom. The molecule has 108 valence electrons. The predicted octanol–water partition coefficient (Wildman–Crippen LogP) is 1.70. The summed E-state index contributed by atoms with van der Waals surface area (Å²) in [6, 6.07) is 6.88. The van der Waals surface area contributed by atoms with Crippen molar-refractivity contribution in [1.29, 1.82) is 0 Å². The van der Waals surface area contributed by atoms with Gasteiger partial charge in [0.15, 0.2) is 5.78 Å². The number of likely N-dealkylation sites (N-methyl/N-ethyl adjacent to an activating group) is 1. The van der Waals surface area contributed by atoms with Crippen molar-refractivity contribution >= 4 is 22.7 Å². The monoisotopic (exact) mass is 284 g/mol. The molecule has 1 N–H and O–H groups in total. The minimum Gasteiger partial charge on any atom is -0.465 e. The molecule has 0 spiro atoms. The van der Waals surface area contributed by atoms with Crippen molar-refractivity contribution in [1.82, 2.24) is 9.88 Å². The second kappa shape index (κ2) is 6.25. The molecular formula is C16H16N2O3. The number of H-pyrrole nitrogens is 1. The van der Waals surface area contributed by atoms with Crippen molar-refractivity contribution < 1.29 is 14.3 Å². The van der Waals surface area contributed by atoms with E-state index in [1.54, 1.807) is 36.2 Å². The average Bonchev–Trinajstić information content (AvgIpc) is 2.89. The SMILES string of the molecule is C#CCN(C)CC(=O)c1cc2ccc(C(=O)OC)cc2[nH]1. The maximum absolute atomic E-state index is 12.1. The van der Waals surface area contributed by atoms with Gasteiger partial charge in [-0.15, -0.1) is 6.42 Å².